The summed E-state index contributed by atoms with van der Waals surface area (Å²) >= 11 is 5.60. The minimum atomic E-state index is 0.453. The zero-order chi connectivity index (χ0) is 11.3. The molecule has 1 aromatic rings. The molecule has 0 aliphatic rings. The van der Waals surface area contributed by atoms with Crippen LogP contribution in [0, 0.1) is 0 Å². The fourth-order valence-electron chi connectivity index (χ4n) is 1.56. The van der Waals surface area contributed by atoms with Crippen molar-refractivity contribution >= 4 is 17.6 Å². The van der Waals surface area contributed by atoms with Crippen molar-refractivity contribution < 1.29 is 4.42 Å². The number of aryl methyl sites for hydroxylation is 1. The minimum absolute atomic E-state index is 0.453. The Kier molecular flexibility index (Phi) is 4.88. The number of anilines is 1. The normalized spacial score (nSPS) is 11.0. The van der Waals surface area contributed by atoms with Crippen molar-refractivity contribution in [2.45, 2.75) is 39.2 Å². The second kappa shape index (κ2) is 5.95. The molecular formula is C10H18ClN3O. The van der Waals surface area contributed by atoms with Gasteiger partial charge in [0.1, 0.15) is 0 Å². The molecule has 0 radical (unpaired) electrons. The van der Waals surface area contributed by atoms with Gasteiger partial charge in [0.15, 0.2) is 0 Å². The predicted molar refractivity (Wildman–Crippen MR) is 61.5 cm³/mol. The van der Waals surface area contributed by atoms with Gasteiger partial charge in [-0.2, -0.15) is 0 Å². The van der Waals surface area contributed by atoms with Crippen LogP contribution < -0.4 is 4.90 Å². The topological polar surface area (TPSA) is 42.2 Å². The van der Waals surface area contributed by atoms with Crippen LogP contribution in [0.2, 0.25) is 0 Å². The third-order valence-electron chi connectivity index (χ3n) is 2.56. The van der Waals surface area contributed by atoms with E-state index in [0.29, 0.717) is 30.2 Å². The summed E-state index contributed by atoms with van der Waals surface area (Å²) in [6.07, 6.45) is 2.77. The average Bonchev–Trinajstić information content (AvgIpc) is 2.68. The maximum atomic E-state index is 5.60. The molecule has 1 heterocycles. The van der Waals surface area contributed by atoms with E-state index in [9.17, 15) is 0 Å². The van der Waals surface area contributed by atoms with Crippen LogP contribution in [0.15, 0.2) is 4.42 Å². The fourth-order valence-corrected chi connectivity index (χ4v) is 1.72. The molecule has 0 atom stereocenters. The zero-order valence-corrected chi connectivity index (χ0v) is 10.3. The largest absolute Gasteiger partial charge is 0.408 e. The molecule has 0 fully saturated rings. The van der Waals surface area contributed by atoms with Crippen molar-refractivity contribution in [2.75, 3.05) is 17.8 Å². The molecule has 0 saturated heterocycles. The van der Waals surface area contributed by atoms with Gasteiger partial charge in [0.25, 0.3) is 0 Å². The van der Waals surface area contributed by atoms with Gasteiger partial charge in [-0.25, -0.2) is 0 Å². The summed E-state index contributed by atoms with van der Waals surface area (Å²) in [5, 5.41) is 7.94. The first-order chi connectivity index (χ1) is 7.22. The molecule has 0 unspecified atom stereocenters. The van der Waals surface area contributed by atoms with E-state index < -0.39 is 0 Å². The van der Waals surface area contributed by atoms with E-state index in [0.717, 1.165) is 12.8 Å². The highest BCUT2D eigenvalue weighted by atomic mass is 35.5. The van der Waals surface area contributed by atoms with Crippen LogP contribution in [0.4, 0.5) is 6.01 Å². The Morgan fingerprint density at radius 1 is 1.33 bits per heavy atom. The van der Waals surface area contributed by atoms with Gasteiger partial charge < -0.3 is 9.32 Å². The third-order valence-corrected chi connectivity index (χ3v) is 2.75. The Morgan fingerprint density at radius 3 is 2.53 bits per heavy atom. The second-order valence-corrected chi connectivity index (χ2v) is 3.88. The van der Waals surface area contributed by atoms with E-state index >= 15 is 0 Å². The molecular weight excluding hydrogens is 214 g/mol. The standard InChI is InChI=1S/C10H18ClN3O/c1-4-8(5-2)14(3)10-13-12-9(15-10)6-7-11/h8H,4-7H2,1-3H3. The molecule has 15 heavy (non-hydrogen) atoms. The van der Waals surface area contributed by atoms with Crippen molar-refractivity contribution in [3.8, 4) is 0 Å². The number of aromatic nitrogens is 2. The monoisotopic (exact) mass is 231 g/mol. The zero-order valence-electron chi connectivity index (χ0n) is 9.53. The predicted octanol–water partition coefficient (Wildman–Crippen LogP) is 2.48. The number of halogens is 1. The van der Waals surface area contributed by atoms with Crippen LogP contribution in [0.25, 0.3) is 0 Å². The van der Waals surface area contributed by atoms with Crippen molar-refractivity contribution in [1.29, 1.82) is 0 Å². The summed E-state index contributed by atoms with van der Waals surface area (Å²) in [5.41, 5.74) is 0. The summed E-state index contributed by atoms with van der Waals surface area (Å²) in [7, 11) is 1.98. The smallest absolute Gasteiger partial charge is 0.318 e. The van der Waals surface area contributed by atoms with Crippen molar-refractivity contribution in [2.24, 2.45) is 0 Å². The molecule has 0 spiro atoms. The lowest BCUT2D eigenvalue weighted by atomic mass is 10.1. The van der Waals surface area contributed by atoms with Gasteiger partial charge in [0.2, 0.25) is 5.89 Å². The third kappa shape index (κ3) is 3.09. The molecule has 86 valence electrons. The maximum Gasteiger partial charge on any atom is 0.318 e. The van der Waals surface area contributed by atoms with E-state index in [1.54, 1.807) is 0 Å². The summed E-state index contributed by atoms with van der Waals surface area (Å²) in [6.45, 7) is 4.31. The molecule has 4 nitrogen and oxygen atoms in total. The molecule has 0 saturated carbocycles. The quantitative estimate of drug-likeness (QED) is 0.706. The maximum absolute atomic E-state index is 5.60. The van der Waals surface area contributed by atoms with Crippen LogP contribution in [-0.2, 0) is 6.42 Å². The molecule has 0 aromatic carbocycles. The first-order valence-corrected chi connectivity index (χ1v) is 5.87. The van der Waals surface area contributed by atoms with Crippen LogP contribution in [-0.4, -0.2) is 29.2 Å². The molecule has 0 aliphatic heterocycles. The first-order valence-electron chi connectivity index (χ1n) is 5.34. The Morgan fingerprint density at radius 2 is 2.00 bits per heavy atom. The molecule has 0 amide bonds. The highest BCUT2D eigenvalue weighted by Gasteiger charge is 2.16. The molecule has 0 N–H and O–H groups in total. The van der Waals surface area contributed by atoms with Crippen LogP contribution in [0.3, 0.4) is 0 Å². The van der Waals surface area contributed by atoms with Gasteiger partial charge in [-0.1, -0.05) is 18.9 Å². The Hall–Kier alpha value is -0.770. The highest BCUT2D eigenvalue weighted by molar-refractivity contribution is 6.17. The molecule has 1 aromatic heterocycles. The molecule has 5 heteroatoms. The van der Waals surface area contributed by atoms with Gasteiger partial charge in [-0.3, -0.25) is 0 Å². The Labute approximate surface area is 95.6 Å². The molecule has 1 rings (SSSR count). The summed E-state index contributed by atoms with van der Waals surface area (Å²) in [5.74, 6) is 1.12. The van der Waals surface area contributed by atoms with E-state index in [4.69, 9.17) is 16.0 Å². The molecule has 0 aliphatic carbocycles. The van der Waals surface area contributed by atoms with E-state index in [-0.39, 0.29) is 0 Å². The van der Waals surface area contributed by atoms with Gasteiger partial charge >= 0.3 is 6.01 Å². The van der Waals surface area contributed by atoms with E-state index in [2.05, 4.69) is 24.0 Å². The van der Waals surface area contributed by atoms with Crippen LogP contribution in [0.1, 0.15) is 32.6 Å². The van der Waals surface area contributed by atoms with Crippen molar-refractivity contribution in [3.05, 3.63) is 5.89 Å². The fraction of sp³-hybridized carbons (Fsp3) is 0.800. The lowest BCUT2D eigenvalue weighted by molar-refractivity contribution is 0.467. The number of hydrogen-bond donors (Lipinski definition) is 0. The highest BCUT2D eigenvalue weighted by Crippen LogP contribution is 2.17. The lowest BCUT2D eigenvalue weighted by Crippen LogP contribution is -2.30. The van der Waals surface area contributed by atoms with E-state index in [1.807, 2.05) is 11.9 Å². The summed E-state index contributed by atoms with van der Waals surface area (Å²) in [6, 6.07) is 1.04. The van der Waals surface area contributed by atoms with E-state index in [1.165, 1.54) is 0 Å². The number of rotatable bonds is 6. The number of hydrogen-bond acceptors (Lipinski definition) is 4. The summed E-state index contributed by atoms with van der Waals surface area (Å²) in [4.78, 5) is 2.03. The Balaban J connectivity index is 2.68. The van der Waals surface area contributed by atoms with Gasteiger partial charge in [0, 0.05) is 25.4 Å². The van der Waals surface area contributed by atoms with Crippen molar-refractivity contribution in [3.63, 3.8) is 0 Å². The van der Waals surface area contributed by atoms with Gasteiger partial charge in [0.05, 0.1) is 0 Å². The SMILES string of the molecule is CCC(CC)N(C)c1nnc(CCCl)o1. The second-order valence-electron chi connectivity index (χ2n) is 3.50. The van der Waals surface area contributed by atoms with Crippen molar-refractivity contribution in [1.82, 2.24) is 10.2 Å². The minimum Gasteiger partial charge on any atom is -0.408 e. The van der Waals surface area contributed by atoms with Gasteiger partial charge in [-0.05, 0) is 12.8 Å². The van der Waals surface area contributed by atoms with Crippen LogP contribution >= 0.6 is 11.6 Å². The number of alkyl halides is 1. The van der Waals surface area contributed by atoms with Gasteiger partial charge in [-0.15, -0.1) is 16.7 Å². The molecule has 0 bridgehead atoms. The van der Waals surface area contributed by atoms with Crippen LogP contribution in [0.5, 0.6) is 0 Å². The first kappa shape index (κ1) is 12.3. The average molecular weight is 232 g/mol. The summed E-state index contributed by atoms with van der Waals surface area (Å²) < 4.78 is 5.49. The Bertz CT molecular complexity index is 286. The number of nitrogens with zero attached hydrogens (tertiary/aromatic N) is 3. The lowest BCUT2D eigenvalue weighted by Gasteiger charge is -2.23.